The standard InChI is InChI=1S/C14H21N3O2/c1-19-13-10-11(4-5-12(13)15)16-14(18)6-9-17-7-2-3-8-17/h4-5,10H,2-3,6-9,15H2,1H3,(H,16,18). The summed E-state index contributed by atoms with van der Waals surface area (Å²) in [5, 5.41) is 2.87. The van der Waals surface area contributed by atoms with Gasteiger partial charge in [0.2, 0.25) is 5.91 Å². The summed E-state index contributed by atoms with van der Waals surface area (Å²) in [5.41, 5.74) is 7.01. The van der Waals surface area contributed by atoms with Gasteiger partial charge in [0, 0.05) is 24.7 Å². The van der Waals surface area contributed by atoms with Gasteiger partial charge in [-0.3, -0.25) is 4.79 Å². The van der Waals surface area contributed by atoms with E-state index in [1.165, 1.54) is 12.8 Å². The summed E-state index contributed by atoms with van der Waals surface area (Å²) >= 11 is 0. The zero-order chi connectivity index (χ0) is 13.7. The number of hydrogen-bond acceptors (Lipinski definition) is 4. The summed E-state index contributed by atoms with van der Waals surface area (Å²) < 4.78 is 5.12. The fourth-order valence-corrected chi connectivity index (χ4v) is 2.28. The average molecular weight is 263 g/mol. The predicted octanol–water partition coefficient (Wildman–Crippen LogP) is 1.70. The van der Waals surface area contributed by atoms with E-state index in [0.717, 1.165) is 25.3 Å². The Hall–Kier alpha value is -1.75. The molecule has 2 rings (SSSR count). The maximum atomic E-state index is 11.8. The molecule has 0 aromatic heterocycles. The van der Waals surface area contributed by atoms with Gasteiger partial charge in [-0.1, -0.05) is 0 Å². The molecule has 3 N–H and O–H groups in total. The third-order valence-electron chi connectivity index (χ3n) is 3.37. The molecule has 1 aliphatic rings. The maximum absolute atomic E-state index is 11.8. The van der Waals surface area contributed by atoms with Crippen LogP contribution in [0, 0.1) is 0 Å². The molecule has 1 aliphatic heterocycles. The van der Waals surface area contributed by atoms with Crippen molar-refractivity contribution in [3.8, 4) is 5.75 Å². The Bertz CT molecular complexity index is 442. The number of hydrogen-bond donors (Lipinski definition) is 2. The van der Waals surface area contributed by atoms with Crippen LogP contribution in [0.15, 0.2) is 18.2 Å². The molecule has 0 radical (unpaired) electrons. The van der Waals surface area contributed by atoms with E-state index in [2.05, 4.69) is 10.2 Å². The minimum absolute atomic E-state index is 0.0266. The highest BCUT2D eigenvalue weighted by Gasteiger charge is 2.13. The number of carbonyl (C=O) groups excluding carboxylic acids is 1. The van der Waals surface area contributed by atoms with Gasteiger partial charge in [0.25, 0.3) is 0 Å². The third-order valence-corrected chi connectivity index (χ3v) is 3.37. The van der Waals surface area contributed by atoms with E-state index < -0.39 is 0 Å². The zero-order valence-corrected chi connectivity index (χ0v) is 11.3. The first-order valence-electron chi connectivity index (χ1n) is 6.65. The second-order valence-corrected chi connectivity index (χ2v) is 4.80. The van der Waals surface area contributed by atoms with Gasteiger partial charge in [-0.15, -0.1) is 0 Å². The van der Waals surface area contributed by atoms with Crippen molar-refractivity contribution >= 4 is 17.3 Å². The number of methoxy groups -OCH3 is 1. The van der Waals surface area contributed by atoms with Crippen LogP contribution in [0.3, 0.4) is 0 Å². The van der Waals surface area contributed by atoms with Crippen molar-refractivity contribution in [3.63, 3.8) is 0 Å². The lowest BCUT2D eigenvalue weighted by atomic mass is 10.2. The van der Waals surface area contributed by atoms with E-state index >= 15 is 0 Å². The van der Waals surface area contributed by atoms with Crippen LogP contribution in [0.25, 0.3) is 0 Å². The lowest BCUT2D eigenvalue weighted by Crippen LogP contribution is -2.25. The van der Waals surface area contributed by atoms with E-state index in [0.29, 0.717) is 17.9 Å². The number of anilines is 2. The summed E-state index contributed by atoms with van der Waals surface area (Å²) in [6, 6.07) is 5.25. The molecular formula is C14H21N3O2. The number of amides is 1. The summed E-state index contributed by atoms with van der Waals surface area (Å²) in [4.78, 5) is 14.2. The monoisotopic (exact) mass is 263 g/mol. The molecule has 0 unspecified atom stereocenters. The van der Waals surface area contributed by atoms with E-state index in [1.807, 2.05) is 0 Å². The molecule has 19 heavy (non-hydrogen) atoms. The quantitative estimate of drug-likeness (QED) is 0.793. The zero-order valence-electron chi connectivity index (χ0n) is 11.3. The number of nitrogen functional groups attached to an aromatic ring is 1. The molecule has 5 nitrogen and oxygen atoms in total. The molecule has 1 saturated heterocycles. The highest BCUT2D eigenvalue weighted by atomic mass is 16.5. The van der Waals surface area contributed by atoms with Crippen LogP contribution in [0.1, 0.15) is 19.3 Å². The predicted molar refractivity (Wildman–Crippen MR) is 76.3 cm³/mol. The maximum Gasteiger partial charge on any atom is 0.225 e. The number of carbonyl (C=O) groups is 1. The van der Waals surface area contributed by atoms with Crippen LogP contribution < -0.4 is 15.8 Å². The van der Waals surface area contributed by atoms with Crippen LogP contribution in [-0.2, 0) is 4.79 Å². The van der Waals surface area contributed by atoms with Crippen molar-refractivity contribution in [1.82, 2.24) is 4.90 Å². The van der Waals surface area contributed by atoms with Crippen molar-refractivity contribution in [1.29, 1.82) is 0 Å². The van der Waals surface area contributed by atoms with Gasteiger partial charge in [0.1, 0.15) is 5.75 Å². The number of likely N-dealkylation sites (tertiary alicyclic amines) is 1. The van der Waals surface area contributed by atoms with Crippen molar-refractivity contribution in [2.24, 2.45) is 0 Å². The van der Waals surface area contributed by atoms with Gasteiger partial charge in [0.15, 0.2) is 0 Å². The molecule has 1 heterocycles. The van der Waals surface area contributed by atoms with Gasteiger partial charge in [0.05, 0.1) is 12.8 Å². The van der Waals surface area contributed by atoms with Crippen molar-refractivity contribution < 1.29 is 9.53 Å². The molecule has 1 fully saturated rings. The first-order valence-corrected chi connectivity index (χ1v) is 6.65. The van der Waals surface area contributed by atoms with E-state index in [-0.39, 0.29) is 5.91 Å². The number of ether oxygens (including phenoxy) is 1. The number of nitrogens with two attached hydrogens (primary N) is 1. The Kier molecular flexibility index (Phi) is 4.63. The molecule has 0 bridgehead atoms. The lowest BCUT2D eigenvalue weighted by molar-refractivity contribution is -0.116. The molecular weight excluding hydrogens is 242 g/mol. The number of nitrogens with one attached hydrogen (secondary N) is 1. The van der Waals surface area contributed by atoms with Crippen LogP contribution in [0.2, 0.25) is 0 Å². The summed E-state index contributed by atoms with van der Waals surface area (Å²) in [6.07, 6.45) is 3.01. The Morgan fingerprint density at radius 1 is 1.42 bits per heavy atom. The second kappa shape index (κ2) is 6.43. The van der Waals surface area contributed by atoms with Crippen LogP contribution in [0.4, 0.5) is 11.4 Å². The van der Waals surface area contributed by atoms with Gasteiger partial charge >= 0.3 is 0 Å². The largest absolute Gasteiger partial charge is 0.495 e. The van der Waals surface area contributed by atoms with Crippen molar-refractivity contribution in [2.75, 3.05) is 37.8 Å². The molecule has 0 aliphatic carbocycles. The van der Waals surface area contributed by atoms with Crippen LogP contribution >= 0.6 is 0 Å². The molecule has 1 amide bonds. The van der Waals surface area contributed by atoms with Gasteiger partial charge in [-0.05, 0) is 38.1 Å². The number of nitrogens with zero attached hydrogens (tertiary/aromatic N) is 1. The Morgan fingerprint density at radius 3 is 2.84 bits per heavy atom. The molecule has 0 atom stereocenters. The molecule has 1 aromatic carbocycles. The normalized spacial score (nSPS) is 15.4. The topological polar surface area (TPSA) is 67.6 Å². The van der Waals surface area contributed by atoms with Crippen LogP contribution in [0.5, 0.6) is 5.75 Å². The summed E-state index contributed by atoms with van der Waals surface area (Å²) in [7, 11) is 1.56. The Morgan fingerprint density at radius 2 is 2.16 bits per heavy atom. The first kappa shape index (κ1) is 13.7. The fraction of sp³-hybridized carbons (Fsp3) is 0.500. The van der Waals surface area contributed by atoms with Gasteiger partial charge in [-0.25, -0.2) is 0 Å². The number of rotatable bonds is 5. The van der Waals surface area contributed by atoms with E-state index in [4.69, 9.17) is 10.5 Å². The Labute approximate surface area is 113 Å². The molecule has 0 saturated carbocycles. The molecule has 0 spiro atoms. The van der Waals surface area contributed by atoms with Gasteiger partial charge < -0.3 is 20.7 Å². The van der Waals surface area contributed by atoms with E-state index in [9.17, 15) is 4.79 Å². The summed E-state index contributed by atoms with van der Waals surface area (Å²) in [5.74, 6) is 0.607. The number of benzene rings is 1. The SMILES string of the molecule is COc1cc(NC(=O)CCN2CCCC2)ccc1N. The molecule has 1 aromatic rings. The van der Waals surface area contributed by atoms with Crippen molar-refractivity contribution in [3.05, 3.63) is 18.2 Å². The minimum Gasteiger partial charge on any atom is -0.495 e. The van der Waals surface area contributed by atoms with Crippen LogP contribution in [-0.4, -0.2) is 37.6 Å². The Balaban J connectivity index is 1.84. The average Bonchev–Trinajstić information content (AvgIpc) is 2.92. The smallest absolute Gasteiger partial charge is 0.225 e. The minimum atomic E-state index is 0.0266. The van der Waals surface area contributed by atoms with E-state index in [1.54, 1.807) is 25.3 Å². The van der Waals surface area contributed by atoms with Gasteiger partial charge in [-0.2, -0.15) is 0 Å². The fourth-order valence-electron chi connectivity index (χ4n) is 2.28. The van der Waals surface area contributed by atoms with Crippen molar-refractivity contribution in [2.45, 2.75) is 19.3 Å². The molecule has 104 valence electrons. The highest BCUT2D eigenvalue weighted by Crippen LogP contribution is 2.25. The highest BCUT2D eigenvalue weighted by molar-refractivity contribution is 5.91. The second-order valence-electron chi connectivity index (χ2n) is 4.80. The summed E-state index contributed by atoms with van der Waals surface area (Å²) in [6.45, 7) is 3.06. The lowest BCUT2D eigenvalue weighted by Gasteiger charge is -2.14. The molecule has 5 heteroatoms. The third kappa shape index (κ3) is 3.86. The first-order chi connectivity index (χ1) is 9.19.